The van der Waals surface area contributed by atoms with Crippen molar-refractivity contribution in [2.24, 2.45) is 5.92 Å². The number of carbonyl (C=O) groups excluding carboxylic acids is 1. The lowest BCUT2D eigenvalue weighted by Crippen LogP contribution is -2.45. The molecule has 1 aliphatic carbocycles. The van der Waals surface area contributed by atoms with Crippen molar-refractivity contribution in [3.63, 3.8) is 0 Å². The maximum absolute atomic E-state index is 12.2. The van der Waals surface area contributed by atoms with Crippen molar-refractivity contribution >= 4 is 12.0 Å². The first-order chi connectivity index (χ1) is 10.6. The van der Waals surface area contributed by atoms with Crippen LogP contribution in [0.1, 0.15) is 49.5 Å². The zero-order valence-electron chi connectivity index (χ0n) is 12.5. The van der Waals surface area contributed by atoms with Gasteiger partial charge >= 0.3 is 12.0 Å². The third kappa shape index (κ3) is 3.78. The lowest BCUT2D eigenvalue weighted by atomic mass is 9.95. The number of urea groups is 1. The summed E-state index contributed by atoms with van der Waals surface area (Å²) in [6.45, 7) is 1.49. The van der Waals surface area contributed by atoms with Crippen LogP contribution in [0.5, 0.6) is 0 Å². The Morgan fingerprint density at radius 3 is 2.95 bits per heavy atom. The maximum Gasteiger partial charge on any atom is 0.317 e. The van der Waals surface area contributed by atoms with Gasteiger partial charge in [-0.15, -0.1) is 0 Å². The highest BCUT2D eigenvalue weighted by Crippen LogP contribution is 2.39. The number of amides is 2. The quantitative estimate of drug-likeness (QED) is 0.866. The van der Waals surface area contributed by atoms with Gasteiger partial charge in [0.1, 0.15) is 0 Å². The van der Waals surface area contributed by atoms with Crippen LogP contribution in [0.4, 0.5) is 4.79 Å². The molecule has 22 heavy (non-hydrogen) atoms. The Balaban J connectivity index is 1.47. The molecule has 2 N–H and O–H groups in total. The number of rotatable bonds is 5. The molecule has 0 bridgehead atoms. The first kappa shape index (κ1) is 14.9. The van der Waals surface area contributed by atoms with Crippen molar-refractivity contribution in [1.82, 2.24) is 15.4 Å². The van der Waals surface area contributed by atoms with Crippen molar-refractivity contribution in [2.45, 2.75) is 44.6 Å². The van der Waals surface area contributed by atoms with Crippen molar-refractivity contribution in [2.75, 3.05) is 13.1 Å². The molecule has 0 aromatic carbocycles. The summed E-state index contributed by atoms with van der Waals surface area (Å²) in [6.07, 6.45) is 4.16. The van der Waals surface area contributed by atoms with E-state index in [-0.39, 0.29) is 18.4 Å². The molecule has 2 heterocycles. The Morgan fingerprint density at radius 1 is 1.41 bits per heavy atom. The van der Waals surface area contributed by atoms with Crippen LogP contribution < -0.4 is 5.32 Å². The fourth-order valence-electron chi connectivity index (χ4n) is 2.92. The number of hydrogen-bond donors (Lipinski definition) is 2. The maximum atomic E-state index is 12.2. The highest BCUT2D eigenvalue weighted by atomic mass is 16.5. The second-order valence-corrected chi connectivity index (χ2v) is 6.20. The standard InChI is InChI=1S/C15H21N3O4/c19-14(20)6-10-2-1-5-18(9-10)15(21)16-8-12-7-13(17-22-12)11-3-4-11/h7,10-11H,1-6,8-9H2,(H,16,21)(H,19,20). The summed E-state index contributed by atoms with van der Waals surface area (Å²) in [5.41, 5.74) is 0.976. The van der Waals surface area contributed by atoms with Crippen LogP contribution in [0.3, 0.4) is 0 Å². The van der Waals surface area contributed by atoms with Crippen LogP contribution in [-0.2, 0) is 11.3 Å². The van der Waals surface area contributed by atoms with Gasteiger partial charge in [0, 0.05) is 31.5 Å². The fourth-order valence-corrected chi connectivity index (χ4v) is 2.92. The molecule has 7 heteroatoms. The number of nitrogens with zero attached hydrogens (tertiary/aromatic N) is 2. The predicted molar refractivity (Wildman–Crippen MR) is 77.3 cm³/mol. The molecular formula is C15H21N3O4. The van der Waals surface area contributed by atoms with Gasteiger partial charge in [-0.25, -0.2) is 4.79 Å². The van der Waals surface area contributed by atoms with Crippen LogP contribution >= 0.6 is 0 Å². The number of carbonyl (C=O) groups is 2. The number of piperidine rings is 1. The van der Waals surface area contributed by atoms with Crippen molar-refractivity contribution in [3.05, 3.63) is 17.5 Å². The molecule has 1 saturated carbocycles. The van der Waals surface area contributed by atoms with Crippen LogP contribution in [0.15, 0.2) is 10.6 Å². The minimum atomic E-state index is -0.804. The van der Waals surface area contributed by atoms with Gasteiger partial charge in [0.05, 0.1) is 12.2 Å². The Kier molecular flexibility index (Phi) is 4.31. The lowest BCUT2D eigenvalue weighted by Gasteiger charge is -2.32. The van der Waals surface area contributed by atoms with E-state index in [9.17, 15) is 9.59 Å². The van der Waals surface area contributed by atoms with Crippen LogP contribution in [0, 0.1) is 5.92 Å². The summed E-state index contributed by atoms with van der Waals surface area (Å²) < 4.78 is 5.22. The summed E-state index contributed by atoms with van der Waals surface area (Å²) >= 11 is 0. The average Bonchev–Trinajstić information content (AvgIpc) is 3.23. The van der Waals surface area contributed by atoms with Gasteiger partial charge in [0.15, 0.2) is 5.76 Å². The summed E-state index contributed by atoms with van der Waals surface area (Å²) in [4.78, 5) is 24.6. The third-order valence-corrected chi connectivity index (χ3v) is 4.26. The normalized spacial score (nSPS) is 21.6. The minimum absolute atomic E-state index is 0.0451. The first-order valence-corrected chi connectivity index (χ1v) is 7.82. The van der Waals surface area contributed by atoms with E-state index in [1.165, 1.54) is 0 Å². The SMILES string of the molecule is O=C(O)CC1CCCN(C(=O)NCc2cc(C3CC3)no2)C1. The Hall–Kier alpha value is -2.05. The predicted octanol–water partition coefficient (Wildman–Crippen LogP) is 1.95. The molecule has 2 aliphatic rings. The van der Waals surface area contributed by atoms with Crippen LogP contribution in [-0.4, -0.2) is 40.3 Å². The summed E-state index contributed by atoms with van der Waals surface area (Å²) in [6, 6.07) is 1.74. The molecular weight excluding hydrogens is 286 g/mol. The first-order valence-electron chi connectivity index (χ1n) is 7.82. The van der Waals surface area contributed by atoms with Gasteiger partial charge in [-0.1, -0.05) is 5.16 Å². The molecule has 1 saturated heterocycles. The zero-order valence-corrected chi connectivity index (χ0v) is 12.5. The Bertz CT molecular complexity index is 553. The molecule has 0 spiro atoms. The van der Waals surface area contributed by atoms with E-state index in [2.05, 4.69) is 10.5 Å². The van der Waals surface area contributed by atoms with E-state index >= 15 is 0 Å². The van der Waals surface area contributed by atoms with Crippen molar-refractivity contribution in [3.8, 4) is 0 Å². The summed E-state index contributed by atoms with van der Waals surface area (Å²) in [7, 11) is 0. The van der Waals surface area contributed by atoms with Gasteiger partial charge in [-0.05, 0) is 31.6 Å². The molecule has 1 aromatic heterocycles. The topological polar surface area (TPSA) is 95.7 Å². The lowest BCUT2D eigenvalue weighted by molar-refractivity contribution is -0.138. The second kappa shape index (κ2) is 6.37. The van der Waals surface area contributed by atoms with Gasteiger partial charge in [-0.3, -0.25) is 4.79 Å². The van der Waals surface area contributed by atoms with E-state index in [4.69, 9.17) is 9.63 Å². The number of nitrogens with one attached hydrogen (secondary N) is 1. The molecule has 1 aliphatic heterocycles. The van der Waals surface area contributed by atoms with E-state index in [1.807, 2.05) is 6.07 Å². The molecule has 3 rings (SSSR count). The Labute approximate surface area is 128 Å². The van der Waals surface area contributed by atoms with Gasteiger partial charge in [0.25, 0.3) is 0 Å². The molecule has 1 atom stereocenters. The number of carboxylic acids is 1. The van der Waals surface area contributed by atoms with Crippen LogP contribution in [0.25, 0.3) is 0 Å². The van der Waals surface area contributed by atoms with Gasteiger partial charge in [0.2, 0.25) is 0 Å². The van der Waals surface area contributed by atoms with Gasteiger partial charge in [-0.2, -0.15) is 0 Å². The number of hydrogen-bond acceptors (Lipinski definition) is 4. The number of likely N-dealkylation sites (tertiary alicyclic amines) is 1. The molecule has 1 unspecified atom stereocenters. The molecule has 7 nitrogen and oxygen atoms in total. The number of aromatic nitrogens is 1. The highest BCUT2D eigenvalue weighted by Gasteiger charge is 2.28. The van der Waals surface area contributed by atoms with Crippen molar-refractivity contribution < 1.29 is 19.2 Å². The molecule has 2 fully saturated rings. The summed E-state index contributed by atoms with van der Waals surface area (Å²) in [5, 5.41) is 15.7. The number of carboxylic acid groups (broad SMARTS) is 1. The minimum Gasteiger partial charge on any atom is -0.481 e. The second-order valence-electron chi connectivity index (χ2n) is 6.20. The van der Waals surface area contributed by atoms with E-state index in [0.717, 1.165) is 31.4 Å². The third-order valence-electron chi connectivity index (χ3n) is 4.26. The molecule has 2 amide bonds. The van der Waals surface area contributed by atoms with Gasteiger partial charge < -0.3 is 19.8 Å². The Morgan fingerprint density at radius 2 is 2.23 bits per heavy atom. The zero-order chi connectivity index (χ0) is 15.5. The van der Waals surface area contributed by atoms with E-state index in [1.54, 1.807) is 4.90 Å². The van der Waals surface area contributed by atoms with Crippen molar-refractivity contribution in [1.29, 1.82) is 0 Å². The number of aliphatic carboxylic acids is 1. The smallest absolute Gasteiger partial charge is 0.317 e. The fraction of sp³-hybridized carbons (Fsp3) is 0.667. The highest BCUT2D eigenvalue weighted by molar-refractivity contribution is 5.74. The average molecular weight is 307 g/mol. The van der Waals surface area contributed by atoms with E-state index in [0.29, 0.717) is 31.3 Å². The summed E-state index contributed by atoms with van der Waals surface area (Å²) in [5.74, 6) is 0.437. The largest absolute Gasteiger partial charge is 0.481 e. The molecule has 1 aromatic rings. The monoisotopic (exact) mass is 307 g/mol. The molecule has 120 valence electrons. The van der Waals surface area contributed by atoms with Crippen LogP contribution in [0.2, 0.25) is 0 Å². The molecule has 0 radical (unpaired) electrons. The van der Waals surface area contributed by atoms with E-state index < -0.39 is 5.97 Å².